The molecule has 1 aromatic heterocycles. The van der Waals surface area contributed by atoms with Crippen LogP contribution in [0.2, 0.25) is 0 Å². The lowest BCUT2D eigenvalue weighted by Gasteiger charge is -2.06. The summed E-state index contributed by atoms with van der Waals surface area (Å²) in [5.41, 5.74) is 0. The SMILES string of the molecule is O=C(OC1CCOC1=O)c1cc2ccccc2s1. The van der Waals surface area contributed by atoms with E-state index in [1.165, 1.54) is 11.3 Å². The van der Waals surface area contributed by atoms with E-state index in [0.717, 1.165) is 10.1 Å². The molecule has 0 spiro atoms. The fourth-order valence-corrected chi connectivity index (χ4v) is 2.80. The molecular formula is C13H10O4S. The maximum atomic E-state index is 11.9. The van der Waals surface area contributed by atoms with Gasteiger partial charge in [-0.25, -0.2) is 9.59 Å². The Labute approximate surface area is 107 Å². The van der Waals surface area contributed by atoms with E-state index in [1.807, 2.05) is 24.3 Å². The fraction of sp³-hybridized carbons (Fsp3) is 0.231. The Bertz CT molecular complexity index is 583. The van der Waals surface area contributed by atoms with Crippen molar-refractivity contribution in [3.05, 3.63) is 35.2 Å². The van der Waals surface area contributed by atoms with Crippen molar-refractivity contribution in [3.8, 4) is 0 Å². The molecule has 0 amide bonds. The molecule has 1 aliphatic rings. The maximum absolute atomic E-state index is 11.9. The van der Waals surface area contributed by atoms with Crippen LogP contribution in [0.25, 0.3) is 10.1 Å². The zero-order chi connectivity index (χ0) is 12.5. The first-order chi connectivity index (χ1) is 8.74. The molecule has 2 heterocycles. The predicted molar refractivity (Wildman–Crippen MR) is 66.6 cm³/mol. The van der Waals surface area contributed by atoms with Gasteiger partial charge < -0.3 is 9.47 Å². The van der Waals surface area contributed by atoms with Crippen LogP contribution in [0.1, 0.15) is 16.1 Å². The largest absolute Gasteiger partial charge is 0.463 e. The molecule has 1 aliphatic heterocycles. The number of rotatable bonds is 2. The Morgan fingerprint density at radius 2 is 2.22 bits per heavy atom. The summed E-state index contributed by atoms with van der Waals surface area (Å²) in [6.45, 7) is 0.323. The van der Waals surface area contributed by atoms with Gasteiger partial charge in [0, 0.05) is 11.1 Å². The second-order valence-electron chi connectivity index (χ2n) is 4.00. The number of esters is 2. The fourth-order valence-electron chi connectivity index (χ4n) is 1.85. The van der Waals surface area contributed by atoms with Gasteiger partial charge in [0.25, 0.3) is 0 Å². The average molecular weight is 262 g/mol. The van der Waals surface area contributed by atoms with Crippen LogP contribution in [0.4, 0.5) is 0 Å². The zero-order valence-electron chi connectivity index (χ0n) is 9.42. The standard InChI is InChI=1S/C13H10O4S/c14-12-9(5-6-16-12)17-13(15)11-7-8-3-1-2-4-10(8)18-11/h1-4,7,9H,5-6H2. The van der Waals surface area contributed by atoms with Gasteiger partial charge in [0.15, 0.2) is 0 Å². The summed E-state index contributed by atoms with van der Waals surface area (Å²) in [7, 11) is 0. The Hall–Kier alpha value is -1.88. The molecule has 1 aromatic carbocycles. The topological polar surface area (TPSA) is 52.6 Å². The van der Waals surface area contributed by atoms with Crippen molar-refractivity contribution in [2.75, 3.05) is 6.61 Å². The molecule has 1 atom stereocenters. The summed E-state index contributed by atoms with van der Waals surface area (Å²) in [6.07, 6.45) is -0.308. The molecule has 0 saturated carbocycles. The number of thiophene rings is 1. The zero-order valence-corrected chi connectivity index (χ0v) is 10.2. The van der Waals surface area contributed by atoms with Crippen LogP contribution in [-0.2, 0) is 14.3 Å². The van der Waals surface area contributed by atoms with Gasteiger partial charge in [0.2, 0.25) is 6.10 Å². The number of carbonyl (C=O) groups is 2. The third kappa shape index (κ3) is 1.97. The molecular weight excluding hydrogens is 252 g/mol. The van der Waals surface area contributed by atoms with Gasteiger partial charge in [0.05, 0.1) is 6.61 Å². The lowest BCUT2D eigenvalue weighted by Crippen LogP contribution is -2.22. The molecule has 3 rings (SSSR count). The highest BCUT2D eigenvalue weighted by molar-refractivity contribution is 7.20. The summed E-state index contributed by atoms with van der Waals surface area (Å²) in [5.74, 6) is -0.912. The average Bonchev–Trinajstić information content (AvgIpc) is 2.96. The minimum atomic E-state index is -0.747. The van der Waals surface area contributed by atoms with Crippen molar-refractivity contribution in [2.24, 2.45) is 0 Å². The van der Waals surface area contributed by atoms with E-state index in [0.29, 0.717) is 17.9 Å². The van der Waals surface area contributed by atoms with Crippen LogP contribution in [0.3, 0.4) is 0 Å². The molecule has 0 radical (unpaired) electrons. The van der Waals surface area contributed by atoms with Gasteiger partial charge >= 0.3 is 11.9 Å². The lowest BCUT2D eigenvalue weighted by atomic mass is 10.2. The smallest absolute Gasteiger partial charge is 0.349 e. The van der Waals surface area contributed by atoms with Crippen LogP contribution in [0.5, 0.6) is 0 Å². The molecule has 1 fully saturated rings. The Morgan fingerprint density at radius 3 is 2.94 bits per heavy atom. The van der Waals surface area contributed by atoms with E-state index < -0.39 is 18.0 Å². The number of cyclic esters (lactones) is 1. The van der Waals surface area contributed by atoms with Gasteiger partial charge in [-0.1, -0.05) is 18.2 Å². The van der Waals surface area contributed by atoms with E-state index in [2.05, 4.69) is 0 Å². The number of ether oxygens (including phenoxy) is 2. The van der Waals surface area contributed by atoms with E-state index in [9.17, 15) is 9.59 Å². The van der Waals surface area contributed by atoms with E-state index in [1.54, 1.807) is 6.07 Å². The van der Waals surface area contributed by atoms with Crippen molar-refractivity contribution < 1.29 is 19.1 Å². The number of hydrogen-bond acceptors (Lipinski definition) is 5. The van der Waals surface area contributed by atoms with Gasteiger partial charge in [-0.2, -0.15) is 0 Å². The normalized spacial score (nSPS) is 18.9. The van der Waals surface area contributed by atoms with Crippen molar-refractivity contribution in [3.63, 3.8) is 0 Å². The van der Waals surface area contributed by atoms with Gasteiger partial charge in [0.1, 0.15) is 4.88 Å². The van der Waals surface area contributed by atoms with E-state index in [-0.39, 0.29) is 0 Å². The first-order valence-corrected chi connectivity index (χ1v) is 6.42. The highest BCUT2D eigenvalue weighted by Gasteiger charge is 2.30. The van der Waals surface area contributed by atoms with Gasteiger partial charge in [-0.05, 0) is 17.5 Å². The quantitative estimate of drug-likeness (QED) is 0.780. The predicted octanol–water partition coefficient (Wildman–Crippen LogP) is 2.37. The van der Waals surface area contributed by atoms with Crippen LogP contribution >= 0.6 is 11.3 Å². The van der Waals surface area contributed by atoms with Crippen LogP contribution in [-0.4, -0.2) is 24.6 Å². The molecule has 4 nitrogen and oxygen atoms in total. The molecule has 5 heteroatoms. The van der Waals surface area contributed by atoms with E-state index >= 15 is 0 Å². The highest BCUT2D eigenvalue weighted by Crippen LogP contribution is 2.26. The van der Waals surface area contributed by atoms with Crippen LogP contribution in [0.15, 0.2) is 30.3 Å². The number of benzene rings is 1. The number of fused-ring (bicyclic) bond motifs is 1. The van der Waals surface area contributed by atoms with Crippen molar-refractivity contribution in [1.82, 2.24) is 0 Å². The Balaban J connectivity index is 1.81. The molecule has 1 saturated heterocycles. The van der Waals surface area contributed by atoms with Crippen LogP contribution < -0.4 is 0 Å². The third-order valence-electron chi connectivity index (χ3n) is 2.76. The van der Waals surface area contributed by atoms with Gasteiger partial charge in [-0.15, -0.1) is 11.3 Å². The Kier molecular flexibility index (Phi) is 2.76. The summed E-state index contributed by atoms with van der Waals surface area (Å²) >= 11 is 1.36. The molecule has 2 aromatic rings. The summed E-state index contributed by atoms with van der Waals surface area (Å²) in [5, 5.41) is 1.00. The van der Waals surface area contributed by atoms with Crippen molar-refractivity contribution in [1.29, 1.82) is 0 Å². The molecule has 0 bridgehead atoms. The second-order valence-corrected chi connectivity index (χ2v) is 5.08. The maximum Gasteiger partial charge on any atom is 0.349 e. The first kappa shape index (κ1) is 11.2. The minimum absolute atomic E-state index is 0.323. The molecule has 0 aliphatic carbocycles. The third-order valence-corrected chi connectivity index (χ3v) is 3.86. The van der Waals surface area contributed by atoms with Crippen molar-refractivity contribution >= 4 is 33.4 Å². The van der Waals surface area contributed by atoms with E-state index in [4.69, 9.17) is 9.47 Å². The van der Waals surface area contributed by atoms with Crippen LogP contribution in [0, 0.1) is 0 Å². The first-order valence-electron chi connectivity index (χ1n) is 5.60. The van der Waals surface area contributed by atoms with Gasteiger partial charge in [-0.3, -0.25) is 0 Å². The highest BCUT2D eigenvalue weighted by atomic mass is 32.1. The summed E-state index contributed by atoms with van der Waals surface area (Å²) < 4.78 is 10.9. The number of carbonyl (C=O) groups excluding carboxylic acids is 2. The monoisotopic (exact) mass is 262 g/mol. The molecule has 1 unspecified atom stereocenters. The molecule has 92 valence electrons. The second kappa shape index (κ2) is 4.42. The minimum Gasteiger partial charge on any atom is -0.463 e. The Morgan fingerprint density at radius 1 is 1.39 bits per heavy atom. The summed E-state index contributed by atoms with van der Waals surface area (Å²) in [6, 6.07) is 9.50. The molecule has 0 N–H and O–H groups in total. The lowest BCUT2D eigenvalue weighted by molar-refractivity contribution is -0.145. The van der Waals surface area contributed by atoms with Crippen molar-refractivity contribution in [2.45, 2.75) is 12.5 Å². The summed E-state index contributed by atoms with van der Waals surface area (Å²) in [4.78, 5) is 23.6. The number of hydrogen-bond donors (Lipinski definition) is 0. The molecule has 18 heavy (non-hydrogen) atoms.